The molecule has 0 aromatic heterocycles. The molecule has 1 aliphatic rings. The average molecular weight is 255 g/mol. The van der Waals surface area contributed by atoms with Crippen LogP contribution in [-0.4, -0.2) is 55.9 Å². The number of likely N-dealkylation sites (tertiary alicyclic amines) is 1. The summed E-state index contributed by atoms with van der Waals surface area (Å²) in [5.41, 5.74) is 0.287. The standard InChI is InChI=1S/C10H14BNO4S/c1-12-6-10(7-12)17(15,16)9-4-2-8(3-5-9)11(13)14/h2-5,10,13-14H,6-7H2,1H3. The van der Waals surface area contributed by atoms with Crippen LogP contribution in [0.25, 0.3) is 0 Å². The van der Waals surface area contributed by atoms with Gasteiger partial charge in [0.05, 0.1) is 10.1 Å². The fourth-order valence-corrected chi connectivity index (χ4v) is 3.66. The van der Waals surface area contributed by atoms with Crippen LogP contribution in [0.15, 0.2) is 29.2 Å². The van der Waals surface area contributed by atoms with E-state index in [1.54, 1.807) is 0 Å². The predicted molar refractivity (Wildman–Crippen MR) is 64.7 cm³/mol. The molecule has 1 aromatic rings. The molecule has 0 bridgehead atoms. The lowest BCUT2D eigenvalue weighted by Gasteiger charge is -2.35. The third-order valence-corrected chi connectivity index (χ3v) is 5.08. The van der Waals surface area contributed by atoms with Gasteiger partial charge in [-0.25, -0.2) is 8.42 Å². The monoisotopic (exact) mass is 255 g/mol. The summed E-state index contributed by atoms with van der Waals surface area (Å²) in [5.74, 6) is 0. The van der Waals surface area contributed by atoms with Crippen molar-refractivity contribution in [1.82, 2.24) is 4.90 Å². The zero-order chi connectivity index (χ0) is 12.6. The first-order valence-corrected chi connectivity index (χ1v) is 6.84. The van der Waals surface area contributed by atoms with Crippen molar-refractivity contribution in [1.29, 1.82) is 0 Å². The first-order chi connectivity index (χ1) is 7.91. The van der Waals surface area contributed by atoms with Gasteiger partial charge in [-0.2, -0.15) is 0 Å². The molecule has 17 heavy (non-hydrogen) atoms. The number of rotatable bonds is 3. The molecule has 2 rings (SSSR count). The Morgan fingerprint density at radius 1 is 1.24 bits per heavy atom. The lowest BCUT2D eigenvalue weighted by Crippen LogP contribution is -2.52. The maximum atomic E-state index is 12.1. The quantitative estimate of drug-likeness (QED) is 0.640. The van der Waals surface area contributed by atoms with E-state index in [1.165, 1.54) is 24.3 Å². The van der Waals surface area contributed by atoms with E-state index in [9.17, 15) is 8.42 Å². The summed E-state index contributed by atoms with van der Waals surface area (Å²) in [6, 6.07) is 5.67. The molecule has 0 spiro atoms. The van der Waals surface area contributed by atoms with Crippen LogP contribution in [0.3, 0.4) is 0 Å². The summed E-state index contributed by atoms with van der Waals surface area (Å²) >= 11 is 0. The lowest BCUT2D eigenvalue weighted by atomic mass is 9.81. The average Bonchev–Trinajstić information content (AvgIpc) is 2.25. The van der Waals surface area contributed by atoms with Gasteiger partial charge in [0.25, 0.3) is 0 Å². The molecule has 1 fully saturated rings. The Morgan fingerprint density at radius 3 is 2.18 bits per heavy atom. The maximum absolute atomic E-state index is 12.1. The lowest BCUT2D eigenvalue weighted by molar-refractivity contribution is 0.232. The fraction of sp³-hybridized carbons (Fsp3) is 0.400. The first kappa shape index (κ1) is 12.6. The minimum Gasteiger partial charge on any atom is -0.423 e. The second-order valence-corrected chi connectivity index (χ2v) is 6.56. The third-order valence-electron chi connectivity index (χ3n) is 2.98. The smallest absolute Gasteiger partial charge is 0.423 e. The van der Waals surface area contributed by atoms with E-state index in [1.807, 2.05) is 11.9 Å². The highest BCUT2D eigenvalue weighted by atomic mass is 32.2. The molecule has 92 valence electrons. The van der Waals surface area contributed by atoms with Crippen molar-refractivity contribution >= 4 is 22.4 Å². The van der Waals surface area contributed by atoms with Crippen LogP contribution in [0.4, 0.5) is 0 Å². The SMILES string of the molecule is CN1CC(S(=O)(=O)c2ccc(B(O)O)cc2)C1. The van der Waals surface area contributed by atoms with Gasteiger partial charge in [0.1, 0.15) is 0 Å². The summed E-state index contributed by atoms with van der Waals surface area (Å²) in [4.78, 5) is 2.17. The Balaban J connectivity index is 2.22. The summed E-state index contributed by atoms with van der Waals surface area (Å²) in [7, 11) is -2.98. The molecule has 2 N–H and O–H groups in total. The van der Waals surface area contributed by atoms with Crippen molar-refractivity contribution in [3.63, 3.8) is 0 Å². The number of sulfone groups is 1. The molecular weight excluding hydrogens is 241 g/mol. The second kappa shape index (κ2) is 4.42. The molecule has 0 atom stereocenters. The maximum Gasteiger partial charge on any atom is 0.488 e. The van der Waals surface area contributed by atoms with E-state index >= 15 is 0 Å². The first-order valence-electron chi connectivity index (χ1n) is 5.30. The Kier molecular flexibility index (Phi) is 3.26. The van der Waals surface area contributed by atoms with Gasteiger partial charge in [0.15, 0.2) is 9.84 Å². The van der Waals surface area contributed by atoms with Crippen molar-refractivity contribution in [2.45, 2.75) is 10.1 Å². The van der Waals surface area contributed by atoms with Crippen LogP contribution in [-0.2, 0) is 9.84 Å². The number of benzene rings is 1. The Labute approximate surface area is 101 Å². The van der Waals surface area contributed by atoms with Gasteiger partial charge < -0.3 is 14.9 Å². The van der Waals surface area contributed by atoms with Gasteiger partial charge in [-0.1, -0.05) is 12.1 Å². The Bertz CT molecular complexity index is 494. The molecule has 1 aromatic carbocycles. The summed E-state index contributed by atoms with van der Waals surface area (Å²) in [5, 5.41) is 17.5. The van der Waals surface area contributed by atoms with Crippen LogP contribution < -0.4 is 5.46 Å². The van der Waals surface area contributed by atoms with Gasteiger partial charge >= 0.3 is 7.12 Å². The molecule has 0 saturated carbocycles. The highest BCUT2D eigenvalue weighted by Crippen LogP contribution is 2.21. The molecular formula is C10H14BNO4S. The normalized spacial score (nSPS) is 17.8. The van der Waals surface area contributed by atoms with Crippen LogP contribution in [0.1, 0.15) is 0 Å². The Hall–Kier alpha value is -0.885. The summed E-state index contributed by atoms with van der Waals surface area (Å²) in [6.07, 6.45) is 0. The van der Waals surface area contributed by atoms with Crippen molar-refractivity contribution in [2.24, 2.45) is 0 Å². The zero-order valence-electron chi connectivity index (χ0n) is 9.44. The topological polar surface area (TPSA) is 77.8 Å². The van der Waals surface area contributed by atoms with E-state index in [2.05, 4.69) is 0 Å². The number of hydrogen-bond donors (Lipinski definition) is 2. The van der Waals surface area contributed by atoms with E-state index in [4.69, 9.17) is 10.0 Å². The van der Waals surface area contributed by atoms with Crippen LogP contribution in [0.2, 0.25) is 0 Å². The second-order valence-electron chi connectivity index (χ2n) is 4.33. The fourth-order valence-electron chi connectivity index (χ4n) is 1.86. The summed E-state index contributed by atoms with van der Waals surface area (Å²) < 4.78 is 24.2. The predicted octanol–water partition coefficient (Wildman–Crippen LogP) is -1.55. The molecule has 7 heteroatoms. The van der Waals surface area contributed by atoms with Crippen LogP contribution in [0, 0.1) is 0 Å². The molecule has 1 aliphatic heterocycles. The highest BCUT2D eigenvalue weighted by molar-refractivity contribution is 7.92. The minimum absolute atomic E-state index is 0.236. The molecule has 0 unspecified atom stereocenters. The van der Waals surface area contributed by atoms with Crippen molar-refractivity contribution in [2.75, 3.05) is 20.1 Å². The molecule has 5 nitrogen and oxygen atoms in total. The number of hydrogen-bond acceptors (Lipinski definition) is 5. The van der Waals surface area contributed by atoms with Gasteiger partial charge in [-0.15, -0.1) is 0 Å². The van der Waals surface area contributed by atoms with E-state index < -0.39 is 17.0 Å². The zero-order valence-corrected chi connectivity index (χ0v) is 10.3. The van der Waals surface area contributed by atoms with Crippen molar-refractivity contribution < 1.29 is 18.5 Å². The Morgan fingerprint density at radius 2 is 1.76 bits per heavy atom. The van der Waals surface area contributed by atoms with E-state index in [0.29, 0.717) is 13.1 Å². The van der Waals surface area contributed by atoms with Crippen molar-refractivity contribution in [3.05, 3.63) is 24.3 Å². The van der Waals surface area contributed by atoms with Gasteiger partial charge in [0, 0.05) is 13.1 Å². The van der Waals surface area contributed by atoms with Crippen molar-refractivity contribution in [3.8, 4) is 0 Å². The molecule has 1 saturated heterocycles. The third kappa shape index (κ3) is 2.37. The van der Waals surface area contributed by atoms with Crippen LogP contribution in [0.5, 0.6) is 0 Å². The molecule has 0 amide bonds. The van der Waals surface area contributed by atoms with Gasteiger partial charge in [-0.3, -0.25) is 0 Å². The molecule has 0 radical (unpaired) electrons. The minimum atomic E-state index is -3.28. The highest BCUT2D eigenvalue weighted by Gasteiger charge is 2.36. The molecule has 1 heterocycles. The van der Waals surface area contributed by atoms with Gasteiger partial charge in [0.2, 0.25) is 0 Å². The molecule has 0 aliphatic carbocycles. The van der Waals surface area contributed by atoms with E-state index in [0.717, 1.165) is 0 Å². The number of nitrogens with zero attached hydrogens (tertiary/aromatic N) is 1. The summed E-state index contributed by atoms with van der Waals surface area (Å²) in [6.45, 7) is 1.10. The largest absolute Gasteiger partial charge is 0.488 e. The van der Waals surface area contributed by atoms with E-state index in [-0.39, 0.29) is 15.6 Å². The van der Waals surface area contributed by atoms with Gasteiger partial charge in [-0.05, 0) is 24.6 Å². The van der Waals surface area contributed by atoms with Crippen LogP contribution >= 0.6 is 0 Å².